The molecule has 38 heavy (non-hydrogen) atoms. The van der Waals surface area contributed by atoms with Crippen LogP contribution in [0.4, 0.5) is 0 Å². The van der Waals surface area contributed by atoms with E-state index in [0.717, 1.165) is 34.1 Å². The molecule has 0 spiro atoms. The Hall–Kier alpha value is -3.99. The average Bonchev–Trinajstić information content (AvgIpc) is 2.93. The van der Waals surface area contributed by atoms with Crippen molar-refractivity contribution in [1.29, 1.82) is 5.26 Å². The van der Waals surface area contributed by atoms with Crippen molar-refractivity contribution in [3.8, 4) is 28.7 Å². The SMILES string of the molecule is COCc1cccc(-c2cccc(COc3cc(OCc4cncc(C#N)c4)c(C=O)cc3Br)c2C)c1C. The Bertz CT molecular complexity index is 1510. The molecule has 7 heteroatoms. The van der Waals surface area contributed by atoms with Crippen LogP contribution in [0.2, 0.25) is 0 Å². The normalized spacial score (nSPS) is 10.6. The van der Waals surface area contributed by atoms with Gasteiger partial charge < -0.3 is 14.2 Å². The zero-order valence-corrected chi connectivity index (χ0v) is 23.0. The number of nitrogens with zero attached hydrogens (tertiary/aromatic N) is 2. The summed E-state index contributed by atoms with van der Waals surface area (Å²) in [6.07, 6.45) is 3.85. The third kappa shape index (κ3) is 6.10. The Morgan fingerprint density at radius 3 is 2.18 bits per heavy atom. The van der Waals surface area contributed by atoms with Crippen LogP contribution in [0.15, 0.2) is 71.5 Å². The molecule has 1 heterocycles. The van der Waals surface area contributed by atoms with Crippen LogP contribution in [0.5, 0.6) is 11.5 Å². The predicted molar refractivity (Wildman–Crippen MR) is 149 cm³/mol. The molecule has 4 aromatic rings. The molecule has 0 aliphatic heterocycles. The lowest BCUT2D eigenvalue weighted by atomic mass is 9.92. The first-order chi connectivity index (χ1) is 18.4. The quantitative estimate of drug-likeness (QED) is 0.189. The fourth-order valence-electron chi connectivity index (χ4n) is 4.24. The van der Waals surface area contributed by atoms with E-state index in [0.29, 0.717) is 40.3 Å². The van der Waals surface area contributed by atoms with Gasteiger partial charge >= 0.3 is 0 Å². The van der Waals surface area contributed by atoms with Gasteiger partial charge in [-0.1, -0.05) is 36.4 Å². The fraction of sp³-hybridized carbons (Fsp3) is 0.194. The maximum absolute atomic E-state index is 11.7. The maximum atomic E-state index is 11.7. The Balaban J connectivity index is 1.56. The number of carbonyl (C=O) groups is 1. The fourth-order valence-corrected chi connectivity index (χ4v) is 4.72. The van der Waals surface area contributed by atoms with E-state index in [1.807, 2.05) is 12.1 Å². The van der Waals surface area contributed by atoms with Crippen molar-refractivity contribution in [2.24, 2.45) is 0 Å². The summed E-state index contributed by atoms with van der Waals surface area (Å²) in [4.78, 5) is 15.7. The van der Waals surface area contributed by atoms with E-state index in [1.54, 1.807) is 31.5 Å². The number of ether oxygens (including phenoxy) is 3. The van der Waals surface area contributed by atoms with Crippen LogP contribution in [0, 0.1) is 25.2 Å². The van der Waals surface area contributed by atoms with Crippen LogP contribution >= 0.6 is 15.9 Å². The number of hydrogen-bond donors (Lipinski definition) is 0. The van der Waals surface area contributed by atoms with Crippen molar-refractivity contribution < 1.29 is 19.0 Å². The predicted octanol–water partition coefficient (Wildman–Crippen LogP) is 7.12. The zero-order chi connectivity index (χ0) is 27.1. The molecule has 1 aromatic heterocycles. The van der Waals surface area contributed by atoms with Crippen molar-refractivity contribution >= 4 is 22.2 Å². The molecule has 6 nitrogen and oxygen atoms in total. The molecule has 0 unspecified atom stereocenters. The van der Waals surface area contributed by atoms with Gasteiger partial charge in [-0.15, -0.1) is 0 Å². The van der Waals surface area contributed by atoms with E-state index in [9.17, 15) is 4.79 Å². The molecule has 0 aliphatic carbocycles. The lowest BCUT2D eigenvalue weighted by molar-refractivity contribution is 0.111. The minimum absolute atomic E-state index is 0.160. The third-order valence-electron chi connectivity index (χ3n) is 6.37. The van der Waals surface area contributed by atoms with Gasteiger partial charge in [0.2, 0.25) is 0 Å². The molecule has 0 saturated heterocycles. The zero-order valence-electron chi connectivity index (χ0n) is 21.5. The van der Waals surface area contributed by atoms with Crippen LogP contribution in [0.25, 0.3) is 11.1 Å². The molecule has 0 atom stereocenters. The van der Waals surface area contributed by atoms with E-state index in [2.05, 4.69) is 65.1 Å². The van der Waals surface area contributed by atoms with Gasteiger partial charge in [0.1, 0.15) is 30.8 Å². The number of halogens is 1. The minimum Gasteiger partial charge on any atom is -0.488 e. The summed E-state index contributed by atoms with van der Waals surface area (Å²) < 4.78 is 18.1. The largest absolute Gasteiger partial charge is 0.488 e. The molecule has 4 rings (SSSR count). The van der Waals surface area contributed by atoms with E-state index in [4.69, 9.17) is 19.5 Å². The molecule has 0 N–H and O–H groups in total. The number of methoxy groups -OCH3 is 1. The summed E-state index contributed by atoms with van der Waals surface area (Å²) in [6, 6.07) is 19.6. The van der Waals surface area contributed by atoms with Crippen LogP contribution in [0.1, 0.15) is 43.7 Å². The second-order valence-electron chi connectivity index (χ2n) is 8.82. The molecular formula is C31H27BrN2O4. The van der Waals surface area contributed by atoms with E-state index in [-0.39, 0.29) is 6.61 Å². The van der Waals surface area contributed by atoms with E-state index < -0.39 is 0 Å². The number of rotatable bonds is 10. The maximum Gasteiger partial charge on any atom is 0.153 e. The Morgan fingerprint density at radius 1 is 0.895 bits per heavy atom. The van der Waals surface area contributed by atoms with Gasteiger partial charge in [-0.25, -0.2) is 0 Å². The number of benzene rings is 3. The van der Waals surface area contributed by atoms with E-state index >= 15 is 0 Å². The number of aldehydes is 1. The highest BCUT2D eigenvalue weighted by Crippen LogP contribution is 2.35. The highest BCUT2D eigenvalue weighted by molar-refractivity contribution is 9.10. The minimum atomic E-state index is 0.160. The first-order valence-electron chi connectivity index (χ1n) is 12.0. The van der Waals surface area contributed by atoms with Gasteiger partial charge in [0, 0.05) is 31.1 Å². The average molecular weight is 571 g/mol. The van der Waals surface area contributed by atoms with Gasteiger partial charge in [0.05, 0.1) is 22.2 Å². The van der Waals surface area contributed by atoms with Crippen LogP contribution in [-0.4, -0.2) is 18.4 Å². The highest BCUT2D eigenvalue weighted by atomic mass is 79.9. The Morgan fingerprint density at radius 2 is 1.55 bits per heavy atom. The summed E-state index contributed by atoms with van der Waals surface area (Å²) in [5, 5.41) is 9.09. The molecule has 0 aliphatic rings. The third-order valence-corrected chi connectivity index (χ3v) is 6.99. The molecule has 0 radical (unpaired) electrons. The van der Waals surface area contributed by atoms with Crippen LogP contribution < -0.4 is 9.47 Å². The lowest BCUT2D eigenvalue weighted by Crippen LogP contribution is -2.03. The van der Waals surface area contributed by atoms with Gasteiger partial charge in [0.25, 0.3) is 0 Å². The number of carbonyl (C=O) groups excluding carboxylic acids is 1. The highest BCUT2D eigenvalue weighted by Gasteiger charge is 2.14. The number of aromatic nitrogens is 1. The Labute approximate surface area is 231 Å². The van der Waals surface area contributed by atoms with Gasteiger partial charge in [-0.05, 0) is 75.3 Å². The first kappa shape index (κ1) is 27.1. The molecular weight excluding hydrogens is 544 g/mol. The van der Waals surface area contributed by atoms with Gasteiger partial charge in [-0.2, -0.15) is 5.26 Å². The van der Waals surface area contributed by atoms with Crippen molar-refractivity contribution in [3.05, 3.63) is 110 Å². The number of pyridine rings is 1. The standard InChI is InChI=1S/C31H27BrN2O4/c1-20-24(18-36-3)6-4-8-27(20)28-9-5-7-25(21(28)2)19-38-31-12-30(26(16-35)11-29(31)32)37-17-23-10-22(13-33)14-34-15-23/h4-12,14-16H,17-19H2,1-3H3. The molecule has 3 aromatic carbocycles. The Kier molecular flexibility index (Phi) is 8.90. The summed E-state index contributed by atoms with van der Waals surface area (Å²) >= 11 is 3.52. The van der Waals surface area contributed by atoms with E-state index in [1.165, 1.54) is 17.3 Å². The van der Waals surface area contributed by atoms with Crippen molar-refractivity contribution in [1.82, 2.24) is 4.98 Å². The summed E-state index contributed by atoms with van der Waals surface area (Å²) in [6.45, 7) is 5.28. The van der Waals surface area contributed by atoms with Crippen molar-refractivity contribution in [2.45, 2.75) is 33.7 Å². The molecule has 192 valence electrons. The summed E-state index contributed by atoms with van der Waals surface area (Å²) in [7, 11) is 1.70. The second kappa shape index (κ2) is 12.5. The van der Waals surface area contributed by atoms with Gasteiger partial charge in [-0.3, -0.25) is 9.78 Å². The van der Waals surface area contributed by atoms with Crippen LogP contribution in [-0.2, 0) is 24.6 Å². The van der Waals surface area contributed by atoms with Crippen LogP contribution in [0.3, 0.4) is 0 Å². The number of nitriles is 1. The van der Waals surface area contributed by atoms with Gasteiger partial charge in [0.15, 0.2) is 6.29 Å². The summed E-state index contributed by atoms with van der Waals surface area (Å²) in [5.41, 5.74) is 8.41. The molecule has 0 bridgehead atoms. The molecule has 0 saturated carbocycles. The van der Waals surface area contributed by atoms with Crippen molar-refractivity contribution in [2.75, 3.05) is 7.11 Å². The monoisotopic (exact) mass is 570 g/mol. The molecule has 0 amide bonds. The topological polar surface area (TPSA) is 81.4 Å². The van der Waals surface area contributed by atoms with Crippen molar-refractivity contribution in [3.63, 3.8) is 0 Å². The first-order valence-corrected chi connectivity index (χ1v) is 12.8. The molecule has 0 fully saturated rings. The summed E-state index contributed by atoms with van der Waals surface area (Å²) in [5.74, 6) is 0.939. The lowest BCUT2D eigenvalue weighted by Gasteiger charge is -2.17. The second-order valence-corrected chi connectivity index (χ2v) is 9.68. The number of hydrogen-bond acceptors (Lipinski definition) is 6. The smallest absolute Gasteiger partial charge is 0.153 e.